The molecule has 0 spiro atoms. The van der Waals surface area contributed by atoms with Crippen molar-refractivity contribution in [2.75, 3.05) is 0 Å². The van der Waals surface area contributed by atoms with E-state index < -0.39 is 6.10 Å². The van der Waals surface area contributed by atoms with E-state index in [-0.39, 0.29) is 0 Å². The first kappa shape index (κ1) is 13.0. The Morgan fingerprint density at radius 1 is 1.25 bits per heavy atom. The number of nitrogens with zero attached hydrogens (tertiary/aromatic N) is 3. The maximum atomic E-state index is 10.4. The van der Waals surface area contributed by atoms with Gasteiger partial charge in [0.2, 0.25) is 0 Å². The monoisotopic (exact) mass is 285 g/mol. The van der Waals surface area contributed by atoms with Gasteiger partial charge in [-0.15, -0.1) is 11.3 Å². The van der Waals surface area contributed by atoms with E-state index in [1.165, 1.54) is 11.3 Å². The van der Waals surface area contributed by atoms with E-state index in [9.17, 15) is 5.11 Å². The van der Waals surface area contributed by atoms with Gasteiger partial charge in [0.1, 0.15) is 11.1 Å². The zero-order valence-corrected chi connectivity index (χ0v) is 12.1. The molecule has 2 aromatic heterocycles. The second-order valence-corrected chi connectivity index (χ2v) is 5.58. The molecular formula is C15H15N3OS. The topological polar surface area (TPSA) is 50.9 Å². The molecule has 0 amide bonds. The van der Waals surface area contributed by atoms with Crippen LogP contribution in [0.1, 0.15) is 22.4 Å². The molecule has 1 atom stereocenters. The van der Waals surface area contributed by atoms with E-state index in [2.05, 4.69) is 10.1 Å². The Morgan fingerprint density at radius 2 is 2.00 bits per heavy atom. The number of rotatable bonds is 3. The summed E-state index contributed by atoms with van der Waals surface area (Å²) in [7, 11) is 1.89. The van der Waals surface area contributed by atoms with Gasteiger partial charge in [0.25, 0.3) is 0 Å². The number of aliphatic hydroxyl groups is 1. The summed E-state index contributed by atoms with van der Waals surface area (Å²) >= 11 is 1.47. The van der Waals surface area contributed by atoms with Gasteiger partial charge in [-0.05, 0) is 12.5 Å². The maximum absolute atomic E-state index is 10.4. The Bertz CT molecular complexity index is 718. The summed E-state index contributed by atoms with van der Waals surface area (Å²) < 4.78 is 1.78. The highest BCUT2D eigenvalue weighted by Gasteiger charge is 2.16. The predicted molar refractivity (Wildman–Crippen MR) is 79.6 cm³/mol. The number of benzene rings is 1. The minimum atomic E-state index is -0.674. The standard InChI is InChI=1S/C15H15N3OS/c1-10-12(8-18(2)17-10)13-9-20-15(16-13)14(19)11-6-4-3-5-7-11/h3-9,14,19H,1-2H3. The molecule has 3 rings (SSSR count). The van der Waals surface area contributed by atoms with Crippen molar-refractivity contribution < 1.29 is 5.11 Å². The van der Waals surface area contributed by atoms with Crippen LogP contribution in [-0.4, -0.2) is 19.9 Å². The van der Waals surface area contributed by atoms with Crippen molar-refractivity contribution in [2.24, 2.45) is 7.05 Å². The maximum Gasteiger partial charge on any atom is 0.131 e. The van der Waals surface area contributed by atoms with Crippen LogP contribution in [0, 0.1) is 6.92 Å². The number of hydrogen-bond acceptors (Lipinski definition) is 4. The summed E-state index contributed by atoms with van der Waals surface area (Å²) in [5, 5.41) is 17.3. The quantitative estimate of drug-likeness (QED) is 0.805. The molecule has 0 aliphatic rings. The highest BCUT2D eigenvalue weighted by molar-refractivity contribution is 7.10. The third-order valence-electron chi connectivity index (χ3n) is 3.16. The van der Waals surface area contributed by atoms with Crippen LogP contribution in [-0.2, 0) is 7.05 Å². The number of aryl methyl sites for hydroxylation is 2. The van der Waals surface area contributed by atoms with Crippen molar-refractivity contribution in [2.45, 2.75) is 13.0 Å². The van der Waals surface area contributed by atoms with Crippen LogP contribution in [0.4, 0.5) is 0 Å². The first-order valence-corrected chi connectivity index (χ1v) is 7.22. The van der Waals surface area contributed by atoms with Gasteiger partial charge in [-0.3, -0.25) is 4.68 Å². The van der Waals surface area contributed by atoms with E-state index in [0.717, 1.165) is 22.5 Å². The van der Waals surface area contributed by atoms with E-state index in [4.69, 9.17) is 0 Å². The molecule has 0 saturated carbocycles. The van der Waals surface area contributed by atoms with Crippen molar-refractivity contribution in [1.82, 2.24) is 14.8 Å². The second kappa shape index (κ2) is 5.19. The molecule has 5 heteroatoms. The fourth-order valence-electron chi connectivity index (χ4n) is 2.17. The van der Waals surface area contributed by atoms with E-state index >= 15 is 0 Å². The third kappa shape index (κ3) is 2.37. The van der Waals surface area contributed by atoms with Crippen LogP contribution in [0.3, 0.4) is 0 Å². The molecule has 0 fully saturated rings. The predicted octanol–water partition coefficient (Wildman–Crippen LogP) is 2.93. The number of thiazole rings is 1. The number of aromatic nitrogens is 3. The summed E-state index contributed by atoms with van der Waals surface area (Å²) in [6.45, 7) is 1.96. The first-order chi connectivity index (χ1) is 9.65. The lowest BCUT2D eigenvalue weighted by atomic mass is 10.1. The summed E-state index contributed by atoms with van der Waals surface area (Å²) in [5.41, 5.74) is 3.68. The summed E-state index contributed by atoms with van der Waals surface area (Å²) in [6.07, 6.45) is 1.27. The van der Waals surface area contributed by atoms with Crippen LogP contribution < -0.4 is 0 Å². The molecule has 0 aliphatic heterocycles. The Balaban J connectivity index is 1.93. The average Bonchev–Trinajstić information content (AvgIpc) is 3.05. The minimum absolute atomic E-state index is 0.674. The lowest BCUT2D eigenvalue weighted by molar-refractivity contribution is 0.220. The van der Waals surface area contributed by atoms with E-state index in [1.54, 1.807) is 4.68 Å². The summed E-state index contributed by atoms with van der Waals surface area (Å²) in [4.78, 5) is 4.55. The number of hydrogen-bond donors (Lipinski definition) is 1. The average molecular weight is 285 g/mol. The van der Waals surface area contributed by atoms with Crippen molar-refractivity contribution in [3.05, 3.63) is 58.2 Å². The molecule has 1 N–H and O–H groups in total. The summed E-state index contributed by atoms with van der Waals surface area (Å²) in [6, 6.07) is 9.57. The molecule has 0 saturated heterocycles. The lowest BCUT2D eigenvalue weighted by Gasteiger charge is -2.06. The van der Waals surface area contributed by atoms with Crippen molar-refractivity contribution >= 4 is 11.3 Å². The second-order valence-electron chi connectivity index (χ2n) is 4.69. The lowest BCUT2D eigenvalue weighted by Crippen LogP contribution is -1.98. The van der Waals surface area contributed by atoms with Crippen molar-refractivity contribution in [3.8, 4) is 11.3 Å². The smallest absolute Gasteiger partial charge is 0.131 e. The molecule has 20 heavy (non-hydrogen) atoms. The molecule has 1 aromatic carbocycles. The van der Waals surface area contributed by atoms with Crippen LogP contribution in [0.25, 0.3) is 11.3 Å². The first-order valence-electron chi connectivity index (χ1n) is 6.34. The fourth-order valence-corrected chi connectivity index (χ4v) is 2.99. The van der Waals surface area contributed by atoms with Crippen LogP contribution >= 0.6 is 11.3 Å². The SMILES string of the molecule is Cc1nn(C)cc1-c1csc(C(O)c2ccccc2)n1. The molecule has 1 unspecified atom stereocenters. The third-order valence-corrected chi connectivity index (χ3v) is 4.06. The fraction of sp³-hybridized carbons (Fsp3) is 0.200. The zero-order chi connectivity index (χ0) is 14.1. The molecule has 0 bridgehead atoms. The van der Waals surface area contributed by atoms with Gasteiger partial charge in [0.05, 0.1) is 11.4 Å². The molecule has 3 aromatic rings. The Labute approximate surface area is 121 Å². The van der Waals surface area contributed by atoms with Gasteiger partial charge in [-0.25, -0.2) is 4.98 Å². The van der Waals surface area contributed by atoms with Crippen LogP contribution in [0.5, 0.6) is 0 Å². The van der Waals surface area contributed by atoms with Gasteiger partial charge in [0, 0.05) is 24.2 Å². The van der Waals surface area contributed by atoms with E-state index in [0.29, 0.717) is 5.01 Å². The zero-order valence-electron chi connectivity index (χ0n) is 11.3. The van der Waals surface area contributed by atoms with Crippen molar-refractivity contribution in [3.63, 3.8) is 0 Å². The highest BCUT2D eigenvalue weighted by Crippen LogP contribution is 2.29. The van der Waals surface area contributed by atoms with Gasteiger partial charge in [-0.2, -0.15) is 5.10 Å². The van der Waals surface area contributed by atoms with E-state index in [1.807, 2.05) is 55.9 Å². The molecule has 0 radical (unpaired) electrons. The molecular weight excluding hydrogens is 270 g/mol. The Hall–Kier alpha value is -1.98. The largest absolute Gasteiger partial charge is 0.381 e. The molecule has 102 valence electrons. The van der Waals surface area contributed by atoms with Gasteiger partial charge in [0.15, 0.2) is 0 Å². The molecule has 0 aliphatic carbocycles. The van der Waals surface area contributed by atoms with Gasteiger partial charge < -0.3 is 5.11 Å². The Kier molecular flexibility index (Phi) is 3.38. The van der Waals surface area contributed by atoms with Crippen LogP contribution in [0.2, 0.25) is 0 Å². The Morgan fingerprint density at radius 3 is 2.65 bits per heavy atom. The van der Waals surface area contributed by atoms with Crippen LogP contribution in [0.15, 0.2) is 41.9 Å². The minimum Gasteiger partial charge on any atom is -0.381 e. The number of aliphatic hydroxyl groups excluding tert-OH is 1. The molecule has 4 nitrogen and oxygen atoms in total. The normalized spacial score (nSPS) is 12.6. The van der Waals surface area contributed by atoms with Gasteiger partial charge in [-0.1, -0.05) is 30.3 Å². The highest BCUT2D eigenvalue weighted by atomic mass is 32.1. The van der Waals surface area contributed by atoms with Gasteiger partial charge >= 0.3 is 0 Å². The van der Waals surface area contributed by atoms with Crippen molar-refractivity contribution in [1.29, 1.82) is 0 Å². The summed E-state index contributed by atoms with van der Waals surface area (Å²) in [5.74, 6) is 0. The molecule has 2 heterocycles.